The predicted octanol–water partition coefficient (Wildman–Crippen LogP) is 3.11. The van der Waals surface area contributed by atoms with Crippen LogP contribution in [0.1, 0.15) is 13.3 Å². The van der Waals surface area contributed by atoms with Gasteiger partial charge in [0.25, 0.3) is 0 Å². The zero-order valence-corrected chi connectivity index (χ0v) is 9.48. The van der Waals surface area contributed by atoms with Gasteiger partial charge in [-0.1, -0.05) is 29.3 Å². The molecule has 1 aromatic rings. The van der Waals surface area contributed by atoms with E-state index in [9.17, 15) is 0 Å². The lowest BCUT2D eigenvalue weighted by Crippen LogP contribution is -2.18. The van der Waals surface area contributed by atoms with E-state index in [-0.39, 0.29) is 6.04 Å². The molecule has 1 rings (SSSR count). The third kappa shape index (κ3) is 3.37. The van der Waals surface area contributed by atoms with Crippen molar-refractivity contribution in [3.05, 3.63) is 28.2 Å². The molecule has 2 nitrogen and oxygen atoms in total. The lowest BCUT2D eigenvalue weighted by atomic mass is 10.3. The highest BCUT2D eigenvalue weighted by atomic mass is 35.5. The van der Waals surface area contributed by atoms with Gasteiger partial charge in [-0.05, 0) is 25.5 Å². The van der Waals surface area contributed by atoms with Gasteiger partial charge in [0.15, 0.2) is 5.75 Å². The number of para-hydroxylation sites is 1. The molecule has 0 heterocycles. The molecule has 2 N–H and O–H groups in total. The Bertz CT molecular complexity index is 282. The predicted molar refractivity (Wildman–Crippen MR) is 60.2 cm³/mol. The highest BCUT2D eigenvalue weighted by molar-refractivity contribution is 6.37. The summed E-state index contributed by atoms with van der Waals surface area (Å²) >= 11 is 11.8. The Morgan fingerprint density at radius 1 is 1.36 bits per heavy atom. The molecule has 0 radical (unpaired) electrons. The second kappa shape index (κ2) is 5.44. The summed E-state index contributed by atoms with van der Waals surface area (Å²) in [5, 5.41) is 1.06. The third-order valence-corrected chi connectivity index (χ3v) is 2.33. The van der Waals surface area contributed by atoms with Crippen LogP contribution in [0.15, 0.2) is 18.2 Å². The minimum Gasteiger partial charge on any atom is -0.490 e. The van der Waals surface area contributed by atoms with E-state index in [1.165, 1.54) is 0 Å². The first-order valence-electron chi connectivity index (χ1n) is 4.43. The Balaban J connectivity index is 2.58. The number of nitrogens with two attached hydrogens (primary N) is 1. The summed E-state index contributed by atoms with van der Waals surface area (Å²) < 4.78 is 5.43. The Kier molecular flexibility index (Phi) is 4.52. The van der Waals surface area contributed by atoms with Gasteiger partial charge in [0, 0.05) is 6.04 Å². The zero-order chi connectivity index (χ0) is 10.6. The molecule has 0 fully saturated rings. The Morgan fingerprint density at radius 3 is 2.43 bits per heavy atom. The van der Waals surface area contributed by atoms with Crippen molar-refractivity contribution in [1.29, 1.82) is 0 Å². The van der Waals surface area contributed by atoms with Crippen molar-refractivity contribution in [2.24, 2.45) is 5.73 Å². The van der Waals surface area contributed by atoms with E-state index in [1.807, 2.05) is 6.92 Å². The first kappa shape index (κ1) is 11.6. The van der Waals surface area contributed by atoms with Crippen LogP contribution in [0.25, 0.3) is 0 Å². The molecule has 78 valence electrons. The smallest absolute Gasteiger partial charge is 0.156 e. The van der Waals surface area contributed by atoms with Gasteiger partial charge in [-0.25, -0.2) is 0 Å². The molecule has 1 aromatic carbocycles. The average Bonchev–Trinajstić information content (AvgIpc) is 2.09. The average molecular weight is 234 g/mol. The Hall–Kier alpha value is -0.440. The summed E-state index contributed by atoms with van der Waals surface area (Å²) in [5.41, 5.74) is 5.59. The van der Waals surface area contributed by atoms with E-state index >= 15 is 0 Å². The second-order valence-electron chi connectivity index (χ2n) is 3.17. The molecule has 0 saturated heterocycles. The number of hydrogen-bond acceptors (Lipinski definition) is 2. The minimum absolute atomic E-state index is 0.122. The molecule has 0 bridgehead atoms. The van der Waals surface area contributed by atoms with Crippen molar-refractivity contribution in [3.8, 4) is 5.75 Å². The molecule has 0 aliphatic carbocycles. The van der Waals surface area contributed by atoms with Crippen molar-refractivity contribution in [2.75, 3.05) is 6.61 Å². The van der Waals surface area contributed by atoms with Gasteiger partial charge in [0.2, 0.25) is 0 Å². The molecular weight excluding hydrogens is 221 g/mol. The Labute approximate surface area is 94.0 Å². The summed E-state index contributed by atoms with van der Waals surface area (Å²) in [6.07, 6.45) is 0.779. The SMILES string of the molecule is CC(N)CCOc1c(Cl)cccc1Cl. The quantitative estimate of drug-likeness (QED) is 0.868. The zero-order valence-electron chi connectivity index (χ0n) is 7.97. The number of benzene rings is 1. The van der Waals surface area contributed by atoms with Crippen LogP contribution >= 0.6 is 23.2 Å². The molecular formula is C10H13Cl2NO. The summed E-state index contributed by atoms with van der Waals surface area (Å²) in [7, 11) is 0. The molecule has 4 heteroatoms. The molecule has 0 aliphatic heterocycles. The number of ether oxygens (including phenoxy) is 1. The van der Waals surface area contributed by atoms with Crippen LogP contribution in [0.2, 0.25) is 10.0 Å². The van der Waals surface area contributed by atoms with Gasteiger partial charge in [0.1, 0.15) is 0 Å². The lowest BCUT2D eigenvalue weighted by molar-refractivity contribution is 0.301. The number of halogens is 2. The maximum atomic E-state index is 5.90. The van der Waals surface area contributed by atoms with E-state index in [1.54, 1.807) is 18.2 Å². The van der Waals surface area contributed by atoms with Crippen molar-refractivity contribution in [1.82, 2.24) is 0 Å². The highest BCUT2D eigenvalue weighted by Crippen LogP contribution is 2.32. The van der Waals surface area contributed by atoms with Gasteiger partial charge < -0.3 is 10.5 Å². The molecule has 0 saturated carbocycles. The number of rotatable bonds is 4. The lowest BCUT2D eigenvalue weighted by Gasteiger charge is -2.10. The largest absolute Gasteiger partial charge is 0.490 e. The van der Waals surface area contributed by atoms with Crippen LogP contribution in [0.5, 0.6) is 5.75 Å². The fraction of sp³-hybridized carbons (Fsp3) is 0.400. The van der Waals surface area contributed by atoms with Crippen LogP contribution in [-0.4, -0.2) is 12.6 Å². The molecule has 14 heavy (non-hydrogen) atoms. The van der Waals surface area contributed by atoms with E-state index in [0.717, 1.165) is 6.42 Å². The van der Waals surface area contributed by atoms with E-state index < -0.39 is 0 Å². The van der Waals surface area contributed by atoms with Crippen molar-refractivity contribution < 1.29 is 4.74 Å². The molecule has 0 amide bonds. The van der Waals surface area contributed by atoms with Crippen LogP contribution in [0.3, 0.4) is 0 Å². The van der Waals surface area contributed by atoms with E-state index in [2.05, 4.69) is 0 Å². The first-order valence-corrected chi connectivity index (χ1v) is 5.19. The topological polar surface area (TPSA) is 35.2 Å². The molecule has 1 unspecified atom stereocenters. The maximum Gasteiger partial charge on any atom is 0.156 e. The van der Waals surface area contributed by atoms with Crippen LogP contribution in [-0.2, 0) is 0 Å². The standard InChI is InChI=1S/C10H13Cl2NO/c1-7(13)5-6-14-10-8(11)3-2-4-9(10)12/h2-4,7H,5-6,13H2,1H3. The second-order valence-corrected chi connectivity index (χ2v) is 3.98. The maximum absolute atomic E-state index is 5.90. The first-order chi connectivity index (χ1) is 6.61. The van der Waals surface area contributed by atoms with Gasteiger partial charge >= 0.3 is 0 Å². The van der Waals surface area contributed by atoms with E-state index in [4.69, 9.17) is 33.7 Å². The van der Waals surface area contributed by atoms with Gasteiger partial charge in [-0.15, -0.1) is 0 Å². The minimum atomic E-state index is 0.122. The van der Waals surface area contributed by atoms with Gasteiger partial charge in [0.05, 0.1) is 16.7 Å². The van der Waals surface area contributed by atoms with Crippen LogP contribution in [0.4, 0.5) is 0 Å². The van der Waals surface area contributed by atoms with Crippen LogP contribution in [0, 0.1) is 0 Å². The van der Waals surface area contributed by atoms with Crippen molar-refractivity contribution in [2.45, 2.75) is 19.4 Å². The summed E-state index contributed by atoms with van der Waals surface area (Å²) in [5.74, 6) is 0.538. The monoisotopic (exact) mass is 233 g/mol. The summed E-state index contributed by atoms with van der Waals surface area (Å²) in [6, 6.07) is 5.39. The fourth-order valence-electron chi connectivity index (χ4n) is 0.967. The number of hydrogen-bond donors (Lipinski definition) is 1. The van der Waals surface area contributed by atoms with Crippen LogP contribution < -0.4 is 10.5 Å². The molecule has 0 aliphatic rings. The molecule has 0 spiro atoms. The highest BCUT2D eigenvalue weighted by Gasteiger charge is 2.06. The van der Waals surface area contributed by atoms with Crippen molar-refractivity contribution >= 4 is 23.2 Å². The van der Waals surface area contributed by atoms with Gasteiger partial charge in [-0.3, -0.25) is 0 Å². The third-order valence-electron chi connectivity index (χ3n) is 1.74. The molecule has 1 atom stereocenters. The molecule has 0 aromatic heterocycles. The Morgan fingerprint density at radius 2 is 1.93 bits per heavy atom. The van der Waals surface area contributed by atoms with Gasteiger partial charge in [-0.2, -0.15) is 0 Å². The fourth-order valence-corrected chi connectivity index (χ4v) is 1.47. The summed E-state index contributed by atoms with van der Waals surface area (Å²) in [6.45, 7) is 2.46. The van der Waals surface area contributed by atoms with Crippen molar-refractivity contribution in [3.63, 3.8) is 0 Å². The summed E-state index contributed by atoms with van der Waals surface area (Å²) in [4.78, 5) is 0. The normalized spacial score (nSPS) is 12.6. The van der Waals surface area contributed by atoms with E-state index in [0.29, 0.717) is 22.4 Å².